The first-order valence-corrected chi connectivity index (χ1v) is 26.8. The zero-order valence-electron chi connectivity index (χ0n) is 41.1. The van der Waals surface area contributed by atoms with Gasteiger partial charge in [0.25, 0.3) is 0 Å². The lowest BCUT2D eigenvalue weighted by atomic mass is 9.99. The predicted octanol–water partition coefficient (Wildman–Crippen LogP) is 17.3. The maximum absolute atomic E-state index is 12.8. The molecule has 0 bridgehead atoms. The molecule has 0 rings (SSSR count). The number of hydrogen-bond acceptors (Lipinski definition) is 6. The van der Waals surface area contributed by atoms with E-state index in [-0.39, 0.29) is 31.1 Å². The lowest BCUT2D eigenvalue weighted by molar-refractivity contribution is -0.167. The van der Waals surface area contributed by atoms with Gasteiger partial charge in [-0.2, -0.15) is 0 Å². The van der Waals surface area contributed by atoms with Gasteiger partial charge in [-0.05, 0) is 31.1 Å². The summed E-state index contributed by atoms with van der Waals surface area (Å²) in [4.78, 5) is 37.9. The molecule has 0 aromatic carbocycles. The van der Waals surface area contributed by atoms with Gasteiger partial charge in [-0.1, -0.05) is 259 Å². The molecule has 0 spiro atoms. The summed E-state index contributed by atoms with van der Waals surface area (Å²) in [6.07, 6.45) is 48.0. The fraction of sp³-hybridized carbons (Fsp3) is 0.944. The minimum Gasteiger partial charge on any atom is -0.462 e. The molecule has 60 heavy (non-hydrogen) atoms. The smallest absolute Gasteiger partial charge is 0.306 e. The van der Waals surface area contributed by atoms with Crippen LogP contribution in [0, 0.1) is 11.8 Å². The Labute approximate surface area is 374 Å². The Hall–Kier alpha value is -1.59. The first-order chi connectivity index (χ1) is 29.3. The van der Waals surface area contributed by atoms with Gasteiger partial charge >= 0.3 is 17.9 Å². The second-order valence-electron chi connectivity index (χ2n) is 19.2. The molecule has 0 saturated heterocycles. The highest BCUT2D eigenvalue weighted by Gasteiger charge is 2.19. The molecule has 0 heterocycles. The molecule has 0 amide bonds. The van der Waals surface area contributed by atoms with Crippen molar-refractivity contribution >= 4 is 17.9 Å². The van der Waals surface area contributed by atoms with Crippen molar-refractivity contribution < 1.29 is 28.6 Å². The molecule has 0 aromatic rings. The molecule has 0 N–H and O–H groups in total. The highest BCUT2D eigenvalue weighted by Crippen LogP contribution is 2.18. The minimum absolute atomic E-state index is 0.0635. The Morgan fingerprint density at radius 2 is 0.633 bits per heavy atom. The number of hydrogen-bond donors (Lipinski definition) is 0. The van der Waals surface area contributed by atoms with Crippen LogP contribution >= 0.6 is 0 Å². The summed E-state index contributed by atoms with van der Waals surface area (Å²) in [5, 5.41) is 0. The van der Waals surface area contributed by atoms with E-state index < -0.39 is 6.10 Å². The van der Waals surface area contributed by atoms with E-state index in [4.69, 9.17) is 14.2 Å². The molecule has 2 atom stereocenters. The number of unbranched alkanes of at least 4 members (excludes halogenated alkanes) is 32. The SMILES string of the molecule is CCCCCCCCCCCC(=O)OC[C@H](COC(=O)CCCCCCCCCCCCCCC(C)C)OC(=O)CCCCCCCCCCCCCCCCC(C)CC. The summed E-state index contributed by atoms with van der Waals surface area (Å²) in [5.74, 6) is 0.880. The van der Waals surface area contributed by atoms with Crippen molar-refractivity contribution in [2.75, 3.05) is 13.2 Å². The van der Waals surface area contributed by atoms with E-state index in [1.165, 1.54) is 186 Å². The highest BCUT2D eigenvalue weighted by molar-refractivity contribution is 5.71. The quantitative estimate of drug-likeness (QED) is 0.0345. The molecule has 0 radical (unpaired) electrons. The largest absolute Gasteiger partial charge is 0.462 e. The average molecular weight is 849 g/mol. The van der Waals surface area contributed by atoms with Crippen LogP contribution in [0.3, 0.4) is 0 Å². The molecular formula is C54H104O6. The summed E-state index contributed by atoms with van der Waals surface area (Å²) in [6, 6.07) is 0. The monoisotopic (exact) mass is 849 g/mol. The lowest BCUT2D eigenvalue weighted by Gasteiger charge is -2.18. The van der Waals surface area contributed by atoms with Crippen molar-refractivity contribution in [3.8, 4) is 0 Å². The zero-order valence-corrected chi connectivity index (χ0v) is 41.1. The van der Waals surface area contributed by atoms with E-state index in [0.717, 1.165) is 69.6 Å². The van der Waals surface area contributed by atoms with E-state index in [1.807, 2.05) is 0 Å². The normalized spacial score (nSPS) is 12.5. The van der Waals surface area contributed by atoms with Crippen molar-refractivity contribution in [1.82, 2.24) is 0 Å². The number of rotatable bonds is 48. The average Bonchev–Trinajstić information content (AvgIpc) is 3.23. The Morgan fingerprint density at radius 1 is 0.350 bits per heavy atom. The number of esters is 3. The predicted molar refractivity (Wildman–Crippen MR) is 256 cm³/mol. The molecular weight excluding hydrogens is 745 g/mol. The summed E-state index contributed by atoms with van der Waals surface area (Å²) < 4.78 is 16.8. The van der Waals surface area contributed by atoms with Crippen molar-refractivity contribution in [2.45, 2.75) is 304 Å². The maximum atomic E-state index is 12.8. The van der Waals surface area contributed by atoms with Gasteiger partial charge in [0.1, 0.15) is 13.2 Å². The Kier molecular flexibility index (Phi) is 45.7. The molecule has 0 saturated carbocycles. The number of carbonyl (C=O) groups excluding carboxylic acids is 3. The molecule has 0 aromatic heterocycles. The van der Waals surface area contributed by atoms with Crippen LogP contribution in [0.5, 0.6) is 0 Å². The third kappa shape index (κ3) is 45.9. The van der Waals surface area contributed by atoms with E-state index in [0.29, 0.717) is 19.3 Å². The third-order valence-electron chi connectivity index (χ3n) is 12.6. The van der Waals surface area contributed by atoms with Gasteiger partial charge in [-0.25, -0.2) is 0 Å². The summed E-state index contributed by atoms with van der Waals surface area (Å²) in [6.45, 7) is 11.4. The fourth-order valence-electron chi connectivity index (χ4n) is 8.13. The van der Waals surface area contributed by atoms with Crippen LogP contribution in [-0.4, -0.2) is 37.2 Å². The number of ether oxygens (including phenoxy) is 3. The first-order valence-electron chi connectivity index (χ1n) is 26.8. The molecule has 356 valence electrons. The topological polar surface area (TPSA) is 78.9 Å². The standard InChI is InChI=1S/C54H104O6/c1-6-8-9-10-11-22-29-34-39-44-52(55)58-47-51(48-59-53(56)45-40-35-30-25-20-17-16-18-23-27-32-37-42-49(3)4)60-54(57)46-41-36-31-26-21-15-13-12-14-19-24-28-33-38-43-50(5)7-2/h49-51H,6-48H2,1-5H3/t50?,51-/m1/s1. The van der Waals surface area contributed by atoms with E-state index in [2.05, 4.69) is 34.6 Å². The molecule has 0 aliphatic carbocycles. The van der Waals surface area contributed by atoms with Crippen molar-refractivity contribution in [2.24, 2.45) is 11.8 Å². The van der Waals surface area contributed by atoms with Gasteiger partial charge in [0.15, 0.2) is 6.10 Å². The molecule has 6 heteroatoms. The van der Waals surface area contributed by atoms with Gasteiger partial charge in [-0.15, -0.1) is 0 Å². The number of carbonyl (C=O) groups is 3. The first kappa shape index (κ1) is 58.4. The second kappa shape index (κ2) is 46.9. The van der Waals surface area contributed by atoms with Gasteiger partial charge in [0.2, 0.25) is 0 Å². The summed E-state index contributed by atoms with van der Waals surface area (Å²) >= 11 is 0. The fourth-order valence-corrected chi connectivity index (χ4v) is 8.13. The van der Waals surface area contributed by atoms with Gasteiger partial charge in [-0.3, -0.25) is 14.4 Å². The molecule has 0 fully saturated rings. The highest BCUT2D eigenvalue weighted by atomic mass is 16.6. The Balaban J connectivity index is 4.25. The second-order valence-corrected chi connectivity index (χ2v) is 19.2. The van der Waals surface area contributed by atoms with Crippen molar-refractivity contribution in [1.29, 1.82) is 0 Å². The summed E-state index contributed by atoms with van der Waals surface area (Å²) in [7, 11) is 0. The maximum Gasteiger partial charge on any atom is 0.306 e. The van der Waals surface area contributed by atoms with Gasteiger partial charge in [0, 0.05) is 19.3 Å². The van der Waals surface area contributed by atoms with Crippen LogP contribution in [0.1, 0.15) is 298 Å². The van der Waals surface area contributed by atoms with Crippen LogP contribution in [0.15, 0.2) is 0 Å². The molecule has 6 nitrogen and oxygen atoms in total. The molecule has 0 aliphatic rings. The van der Waals surface area contributed by atoms with E-state index in [9.17, 15) is 14.4 Å². The van der Waals surface area contributed by atoms with E-state index >= 15 is 0 Å². The van der Waals surface area contributed by atoms with Crippen LogP contribution in [0.4, 0.5) is 0 Å². The van der Waals surface area contributed by atoms with Gasteiger partial charge < -0.3 is 14.2 Å². The van der Waals surface area contributed by atoms with Crippen molar-refractivity contribution in [3.05, 3.63) is 0 Å². The Bertz CT molecular complexity index is 918. The molecule has 0 aliphatic heterocycles. The van der Waals surface area contributed by atoms with Crippen LogP contribution in [0.25, 0.3) is 0 Å². The third-order valence-corrected chi connectivity index (χ3v) is 12.6. The van der Waals surface area contributed by atoms with Crippen LogP contribution < -0.4 is 0 Å². The van der Waals surface area contributed by atoms with E-state index in [1.54, 1.807) is 0 Å². The minimum atomic E-state index is -0.761. The van der Waals surface area contributed by atoms with Gasteiger partial charge in [0.05, 0.1) is 0 Å². The molecule has 1 unspecified atom stereocenters. The van der Waals surface area contributed by atoms with Crippen LogP contribution in [-0.2, 0) is 28.6 Å². The van der Waals surface area contributed by atoms with Crippen LogP contribution in [0.2, 0.25) is 0 Å². The lowest BCUT2D eigenvalue weighted by Crippen LogP contribution is -2.30. The van der Waals surface area contributed by atoms with Crippen molar-refractivity contribution in [3.63, 3.8) is 0 Å². The zero-order chi connectivity index (χ0) is 44.0. The Morgan fingerprint density at radius 3 is 0.950 bits per heavy atom. The summed E-state index contributed by atoms with van der Waals surface area (Å²) in [5.41, 5.74) is 0.